The van der Waals surface area contributed by atoms with Crippen molar-refractivity contribution in [2.45, 2.75) is 44.2 Å². The van der Waals surface area contributed by atoms with Crippen LogP contribution < -0.4 is 11.1 Å². The molecular weight excluding hydrogens is 200 g/mol. The molecule has 0 aromatic heterocycles. The van der Waals surface area contributed by atoms with Crippen molar-refractivity contribution in [3.8, 4) is 0 Å². The summed E-state index contributed by atoms with van der Waals surface area (Å²) in [4.78, 5) is 6.82. The fraction of sp³-hybridized carbons (Fsp3) is 0.917. The van der Waals surface area contributed by atoms with Crippen LogP contribution in [0.15, 0.2) is 4.99 Å². The third-order valence-electron chi connectivity index (χ3n) is 3.68. The molecule has 1 aliphatic heterocycles. The second kappa shape index (κ2) is 6.21. The lowest BCUT2D eigenvalue weighted by molar-refractivity contribution is 0.217. The summed E-state index contributed by atoms with van der Waals surface area (Å²) in [7, 11) is 0. The van der Waals surface area contributed by atoms with E-state index < -0.39 is 0 Å². The molecule has 0 spiro atoms. The molecule has 0 radical (unpaired) electrons. The molecule has 2 aliphatic rings. The summed E-state index contributed by atoms with van der Waals surface area (Å²) in [5, 5.41) is 3.52. The van der Waals surface area contributed by atoms with E-state index in [-0.39, 0.29) is 0 Å². The van der Waals surface area contributed by atoms with Crippen LogP contribution in [0.3, 0.4) is 0 Å². The van der Waals surface area contributed by atoms with Gasteiger partial charge < -0.3 is 16.0 Å². The van der Waals surface area contributed by atoms with Gasteiger partial charge in [0.1, 0.15) is 0 Å². The van der Waals surface area contributed by atoms with Crippen molar-refractivity contribution in [2.75, 3.05) is 26.2 Å². The van der Waals surface area contributed by atoms with Gasteiger partial charge >= 0.3 is 0 Å². The highest BCUT2D eigenvalue weighted by atomic mass is 15.2. The second-order valence-corrected chi connectivity index (χ2v) is 4.86. The summed E-state index contributed by atoms with van der Waals surface area (Å²) >= 11 is 0. The van der Waals surface area contributed by atoms with E-state index in [1.54, 1.807) is 0 Å². The Balaban J connectivity index is 1.72. The predicted octanol–water partition coefficient (Wildman–Crippen LogP) is 0.580. The number of hydrogen-bond acceptors (Lipinski definition) is 4. The molecule has 0 bridgehead atoms. The Bertz CT molecular complexity index is 221. The topological polar surface area (TPSA) is 53.6 Å². The van der Waals surface area contributed by atoms with Crippen molar-refractivity contribution < 1.29 is 0 Å². The monoisotopic (exact) mass is 224 g/mol. The van der Waals surface area contributed by atoms with Crippen molar-refractivity contribution in [3.63, 3.8) is 0 Å². The Morgan fingerprint density at radius 1 is 1.31 bits per heavy atom. The average molecular weight is 224 g/mol. The van der Waals surface area contributed by atoms with Gasteiger partial charge in [-0.1, -0.05) is 0 Å². The number of nitrogens with zero attached hydrogens (tertiary/aromatic N) is 2. The average Bonchev–Trinajstić information content (AvgIpc) is 2.38. The molecule has 1 saturated carbocycles. The number of hydrogen-bond donors (Lipinski definition) is 2. The summed E-state index contributed by atoms with van der Waals surface area (Å²) < 4.78 is 0. The fourth-order valence-corrected chi connectivity index (χ4v) is 2.74. The summed E-state index contributed by atoms with van der Waals surface area (Å²) in [6, 6.07) is 1.43. The Morgan fingerprint density at radius 3 is 2.75 bits per heavy atom. The number of aliphatic imine (C=N–C) groups is 1. The minimum atomic E-state index is 0.696. The van der Waals surface area contributed by atoms with Crippen LogP contribution >= 0.6 is 0 Å². The van der Waals surface area contributed by atoms with Gasteiger partial charge in [-0.05, 0) is 32.1 Å². The van der Waals surface area contributed by atoms with Crippen LogP contribution in [0.4, 0.5) is 0 Å². The zero-order valence-corrected chi connectivity index (χ0v) is 10.1. The van der Waals surface area contributed by atoms with Crippen LogP contribution in [0.5, 0.6) is 0 Å². The quantitative estimate of drug-likeness (QED) is 0.734. The second-order valence-electron chi connectivity index (χ2n) is 4.86. The largest absolute Gasteiger partial charge is 0.360 e. The van der Waals surface area contributed by atoms with Crippen molar-refractivity contribution in [2.24, 2.45) is 10.7 Å². The van der Waals surface area contributed by atoms with Crippen molar-refractivity contribution in [3.05, 3.63) is 0 Å². The molecule has 4 heteroatoms. The lowest BCUT2D eigenvalue weighted by atomic mass is 9.90. The molecule has 4 nitrogen and oxygen atoms in total. The highest BCUT2D eigenvalue weighted by Crippen LogP contribution is 2.23. The minimum absolute atomic E-state index is 0.696. The molecule has 1 aliphatic carbocycles. The molecule has 0 aromatic carbocycles. The van der Waals surface area contributed by atoms with E-state index in [0.29, 0.717) is 6.04 Å². The summed E-state index contributed by atoms with van der Waals surface area (Å²) in [6.45, 7) is 3.93. The van der Waals surface area contributed by atoms with Gasteiger partial charge in [-0.25, -0.2) is 0 Å². The fourth-order valence-electron chi connectivity index (χ4n) is 2.74. The van der Waals surface area contributed by atoms with Gasteiger partial charge in [0.15, 0.2) is 0 Å². The normalized spacial score (nSPS) is 30.7. The molecule has 2 rings (SSSR count). The number of nitrogens with two attached hydrogens (primary N) is 1. The number of rotatable bonds is 4. The molecule has 0 aromatic rings. The highest BCUT2D eigenvalue weighted by molar-refractivity contribution is 5.56. The van der Waals surface area contributed by atoms with Crippen LogP contribution in [0.2, 0.25) is 0 Å². The van der Waals surface area contributed by atoms with E-state index in [1.807, 2.05) is 0 Å². The Morgan fingerprint density at radius 2 is 2.12 bits per heavy atom. The van der Waals surface area contributed by atoms with Crippen molar-refractivity contribution in [1.82, 2.24) is 10.2 Å². The van der Waals surface area contributed by atoms with Gasteiger partial charge in [0.2, 0.25) is 0 Å². The van der Waals surface area contributed by atoms with Crippen LogP contribution in [0.25, 0.3) is 0 Å². The first-order chi connectivity index (χ1) is 7.90. The van der Waals surface area contributed by atoms with Crippen LogP contribution in [-0.2, 0) is 0 Å². The molecule has 16 heavy (non-hydrogen) atoms. The van der Waals surface area contributed by atoms with E-state index in [9.17, 15) is 0 Å². The maximum Gasteiger partial charge on any atom is 0.0852 e. The van der Waals surface area contributed by atoms with E-state index in [2.05, 4.69) is 21.5 Å². The van der Waals surface area contributed by atoms with Crippen LogP contribution in [0.1, 0.15) is 32.1 Å². The highest BCUT2D eigenvalue weighted by Gasteiger charge is 2.24. The molecular formula is C12H24N4. The molecule has 1 fully saturated rings. The van der Waals surface area contributed by atoms with Crippen molar-refractivity contribution >= 4 is 6.34 Å². The minimum Gasteiger partial charge on any atom is -0.360 e. The van der Waals surface area contributed by atoms with E-state index in [1.165, 1.54) is 38.6 Å². The van der Waals surface area contributed by atoms with Crippen molar-refractivity contribution in [1.29, 1.82) is 0 Å². The molecule has 92 valence electrons. The SMILES string of the molecule is NCCNC1CCC(N2C=NCCC2)CC1. The molecule has 0 amide bonds. The maximum atomic E-state index is 5.50. The first kappa shape index (κ1) is 11.9. The van der Waals surface area contributed by atoms with Crippen LogP contribution in [0, 0.1) is 0 Å². The van der Waals surface area contributed by atoms with Gasteiger partial charge in [-0.15, -0.1) is 0 Å². The van der Waals surface area contributed by atoms with Crippen LogP contribution in [-0.4, -0.2) is 49.5 Å². The smallest absolute Gasteiger partial charge is 0.0852 e. The first-order valence-corrected chi connectivity index (χ1v) is 6.59. The Kier molecular flexibility index (Phi) is 4.60. The lowest BCUT2D eigenvalue weighted by Gasteiger charge is -2.37. The first-order valence-electron chi connectivity index (χ1n) is 6.59. The Hall–Kier alpha value is -0.610. The zero-order chi connectivity index (χ0) is 11.2. The number of nitrogens with one attached hydrogen (secondary N) is 1. The van der Waals surface area contributed by atoms with Gasteiger partial charge in [0.05, 0.1) is 6.34 Å². The van der Waals surface area contributed by atoms with Gasteiger partial charge in [-0.3, -0.25) is 4.99 Å². The van der Waals surface area contributed by atoms with E-state index in [4.69, 9.17) is 5.73 Å². The van der Waals surface area contributed by atoms with Gasteiger partial charge in [0, 0.05) is 38.3 Å². The zero-order valence-electron chi connectivity index (χ0n) is 10.1. The third kappa shape index (κ3) is 3.19. The molecule has 1 heterocycles. The summed E-state index contributed by atoms with van der Waals surface area (Å²) in [6.07, 6.45) is 8.47. The van der Waals surface area contributed by atoms with E-state index in [0.717, 1.165) is 25.7 Å². The maximum absolute atomic E-state index is 5.50. The van der Waals surface area contributed by atoms with Gasteiger partial charge in [0.25, 0.3) is 0 Å². The summed E-state index contributed by atoms with van der Waals surface area (Å²) in [5.74, 6) is 0. The molecule has 3 N–H and O–H groups in total. The molecule has 0 unspecified atom stereocenters. The predicted molar refractivity (Wildman–Crippen MR) is 67.8 cm³/mol. The van der Waals surface area contributed by atoms with E-state index >= 15 is 0 Å². The molecule has 0 atom stereocenters. The third-order valence-corrected chi connectivity index (χ3v) is 3.68. The summed E-state index contributed by atoms with van der Waals surface area (Å²) in [5.41, 5.74) is 5.50. The Labute approximate surface area is 98.3 Å². The lowest BCUT2D eigenvalue weighted by Crippen LogP contribution is -2.44. The standard InChI is InChI=1S/C12H24N4/c13-6-8-15-11-2-4-12(5-3-11)16-9-1-7-14-10-16/h10-12,15H,1-9,13H2. The van der Waals surface area contributed by atoms with Gasteiger partial charge in [-0.2, -0.15) is 0 Å². The molecule has 0 saturated heterocycles.